The highest BCUT2D eigenvalue weighted by atomic mass is 35.5. The molecule has 0 saturated heterocycles. The van der Waals surface area contributed by atoms with Gasteiger partial charge in [-0.15, -0.1) is 10.2 Å². The first-order valence-electron chi connectivity index (χ1n) is 10.8. The second-order valence-electron chi connectivity index (χ2n) is 8.14. The van der Waals surface area contributed by atoms with Gasteiger partial charge >= 0.3 is 0 Å². The summed E-state index contributed by atoms with van der Waals surface area (Å²) in [7, 11) is -3.97. The molecule has 1 unspecified atom stereocenters. The van der Waals surface area contributed by atoms with Crippen molar-refractivity contribution in [2.45, 2.75) is 42.6 Å². The number of hydrogen-bond donors (Lipinski definition) is 1. The highest BCUT2D eigenvalue weighted by molar-refractivity contribution is 7.98. The summed E-state index contributed by atoms with van der Waals surface area (Å²) in [5.41, 5.74) is 4.35. The Balaban J connectivity index is 1.69. The number of thioether (sulfide) groups is 1. The molecule has 4 aromatic rings. The molecule has 0 aliphatic rings. The maximum atomic E-state index is 13.1. The number of aromatic nitrogens is 3. The number of sulfonamides is 1. The number of aryl methyl sites for hydroxylation is 2. The van der Waals surface area contributed by atoms with Crippen molar-refractivity contribution in [3.05, 3.63) is 99.3 Å². The summed E-state index contributed by atoms with van der Waals surface area (Å²) in [6, 6.07) is 19.7. The molecule has 1 heterocycles. The summed E-state index contributed by atoms with van der Waals surface area (Å²) < 4.78 is 30.8. The van der Waals surface area contributed by atoms with Crippen molar-refractivity contribution < 1.29 is 8.42 Å². The lowest BCUT2D eigenvalue weighted by Gasteiger charge is -2.17. The van der Waals surface area contributed by atoms with Crippen LogP contribution in [0.3, 0.4) is 0 Å². The number of hydrogen-bond acceptors (Lipinski definition) is 5. The monoisotopic (exact) mass is 546 g/mol. The lowest BCUT2D eigenvalue weighted by Crippen LogP contribution is -2.29. The van der Waals surface area contributed by atoms with Gasteiger partial charge < -0.3 is 0 Å². The van der Waals surface area contributed by atoms with Crippen molar-refractivity contribution in [1.29, 1.82) is 0 Å². The second kappa shape index (κ2) is 10.7. The fourth-order valence-electron chi connectivity index (χ4n) is 3.54. The van der Waals surface area contributed by atoms with E-state index in [1.807, 2.05) is 47.9 Å². The van der Waals surface area contributed by atoms with Gasteiger partial charge in [0.2, 0.25) is 10.0 Å². The van der Waals surface area contributed by atoms with Crippen LogP contribution >= 0.6 is 35.0 Å². The summed E-state index contributed by atoms with van der Waals surface area (Å²) in [5, 5.41) is 9.81. The Hall–Kier alpha value is -2.36. The molecular formula is C25H24Cl2N4O2S2. The summed E-state index contributed by atoms with van der Waals surface area (Å²) >= 11 is 13.7. The van der Waals surface area contributed by atoms with Crippen LogP contribution in [0.2, 0.25) is 10.0 Å². The molecule has 6 nitrogen and oxygen atoms in total. The van der Waals surface area contributed by atoms with E-state index in [9.17, 15) is 8.42 Å². The zero-order chi connectivity index (χ0) is 25.2. The first kappa shape index (κ1) is 25.7. The highest BCUT2D eigenvalue weighted by Gasteiger charge is 2.26. The minimum atomic E-state index is -3.97. The Kier molecular flexibility index (Phi) is 7.88. The van der Waals surface area contributed by atoms with Gasteiger partial charge in [-0.2, -0.15) is 0 Å². The molecule has 10 heteroatoms. The van der Waals surface area contributed by atoms with E-state index in [-0.39, 0.29) is 14.9 Å². The van der Waals surface area contributed by atoms with E-state index in [2.05, 4.69) is 34.0 Å². The van der Waals surface area contributed by atoms with Crippen molar-refractivity contribution >= 4 is 45.0 Å². The van der Waals surface area contributed by atoms with Crippen LogP contribution in [-0.2, 0) is 15.8 Å². The zero-order valence-electron chi connectivity index (χ0n) is 19.4. The molecule has 182 valence electrons. The molecular weight excluding hydrogens is 523 g/mol. The molecule has 0 saturated carbocycles. The maximum Gasteiger partial charge on any atom is 0.242 e. The standard InChI is InChI=1S/C25H24Cl2N4O2S2/c1-16-8-11-21(12-9-16)31-24(28-29-25(31)34-15-19-7-5-4-6-17(19)2)18(3)30-35(32,33)23-14-20(26)10-13-22(23)27/h4-14,18,30H,15H2,1-3H3. The molecule has 4 rings (SSSR count). The van der Waals surface area contributed by atoms with Gasteiger partial charge in [0, 0.05) is 16.5 Å². The van der Waals surface area contributed by atoms with Gasteiger partial charge in [-0.1, -0.05) is 76.9 Å². The van der Waals surface area contributed by atoms with E-state index < -0.39 is 16.1 Å². The van der Waals surface area contributed by atoms with Crippen LogP contribution in [0.4, 0.5) is 0 Å². The lowest BCUT2D eigenvalue weighted by molar-refractivity contribution is 0.556. The van der Waals surface area contributed by atoms with Crippen LogP contribution in [0.5, 0.6) is 0 Å². The van der Waals surface area contributed by atoms with E-state index >= 15 is 0 Å². The Morgan fingerprint density at radius 2 is 1.71 bits per heavy atom. The molecule has 1 atom stereocenters. The van der Waals surface area contributed by atoms with E-state index in [4.69, 9.17) is 23.2 Å². The molecule has 1 aromatic heterocycles. The van der Waals surface area contributed by atoms with Crippen LogP contribution in [0.1, 0.15) is 35.5 Å². The Morgan fingerprint density at radius 3 is 2.43 bits per heavy atom. The van der Waals surface area contributed by atoms with Gasteiger partial charge in [0.05, 0.1) is 11.1 Å². The van der Waals surface area contributed by atoms with Gasteiger partial charge in [0.1, 0.15) is 4.90 Å². The quantitative estimate of drug-likeness (QED) is 0.254. The van der Waals surface area contributed by atoms with Crippen molar-refractivity contribution in [2.75, 3.05) is 0 Å². The summed E-state index contributed by atoms with van der Waals surface area (Å²) in [6.45, 7) is 5.81. The molecule has 0 amide bonds. The van der Waals surface area contributed by atoms with E-state index in [0.717, 1.165) is 11.3 Å². The average Bonchev–Trinajstić information content (AvgIpc) is 3.24. The van der Waals surface area contributed by atoms with Crippen LogP contribution in [0, 0.1) is 13.8 Å². The van der Waals surface area contributed by atoms with Crippen molar-refractivity contribution in [3.8, 4) is 5.69 Å². The fourth-order valence-corrected chi connectivity index (χ4v) is 6.54. The second-order valence-corrected chi connectivity index (χ2v) is 11.6. The third-order valence-electron chi connectivity index (χ3n) is 5.47. The minimum Gasteiger partial charge on any atom is -0.273 e. The minimum absolute atomic E-state index is 0.0866. The van der Waals surface area contributed by atoms with Crippen LogP contribution in [0.15, 0.2) is 76.8 Å². The first-order chi connectivity index (χ1) is 16.7. The molecule has 35 heavy (non-hydrogen) atoms. The highest BCUT2D eigenvalue weighted by Crippen LogP contribution is 2.30. The molecule has 1 N–H and O–H groups in total. The largest absolute Gasteiger partial charge is 0.273 e. The van der Waals surface area contributed by atoms with Crippen LogP contribution < -0.4 is 4.72 Å². The van der Waals surface area contributed by atoms with Crippen molar-refractivity contribution in [3.63, 3.8) is 0 Å². The predicted molar refractivity (Wildman–Crippen MR) is 142 cm³/mol. The smallest absolute Gasteiger partial charge is 0.242 e. The number of nitrogens with zero attached hydrogens (tertiary/aromatic N) is 3. The lowest BCUT2D eigenvalue weighted by atomic mass is 10.1. The molecule has 0 fully saturated rings. The maximum absolute atomic E-state index is 13.1. The topological polar surface area (TPSA) is 76.9 Å². The van der Waals surface area contributed by atoms with Gasteiger partial charge in [-0.05, 0) is 62.2 Å². The normalized spacial score (nSPS) is 12.6. The molecule has 0 spiro atoms. The zero-order valence-corrected chi connectivity index (χ0v) is 22.5. The Bertz CT molecular complexity index is 1450. The third kappa shape index (κ3) is 5.90. The summed E-state index contributed by atoms with van der Waals surface area (Å²) in [4.78, 5) is -0.0888. The summed E-state index contributed by atoms with van der Waals surface area (Å²) in [6.07, 6.45) is 0. The van der Waals surface area contributed by atoms with Gasteiger partial charge in [-0.25, -0.2) is 13.1 Å². The number of rotatable bonds is 8. The fraction of sp³-hybridized carbons (Fsp3) is 0.200. The molecule has 3 aromatic carbocycles. The number of benzene rings is 3. The average molecular weight is 548 g/mol. The van der Waals surface area contributed by atoms with Gasteiger partial charge in [-0.3, -0.25) is 4.57 Å². The Labute approximate surface area is 219 Å². The molecule has 0 bridgehead atoms. The summed E-state index contributed by atoms with van der Waals surface area (Å²) in [5.74, 6) is 1.16. The van der Waals surface area contributed by atoms with Gasteiger partial charge in [0.15, 0.2) is 11.0 Å². The van der Waals surface area contributed by atoms with Crippen molar-refractivity contribution in [1.82, 2.24) is 19.5 Å². The SMILES string of the molecule is Cc1ccc(-n2c(SCc3ccccc3C)nnc2C(C)NS(=O)(=O)c2cc(Cl)ccc2Cl)cc1. The van der Waals surface area contributed by atoms with E-state index in [1.54, 1.807) is 18.7 Å². The number of halogens is 2. The van der Waals surface area contributed by atoms with E-state index in [0.29, 0.717) is 16.7 Å². The molecule has 0 aliphatic carbocycles. The van der Waals surface area contributed by atoms with Crippen LogP contribution in [0.25, 0.3) is 5.69 Å². The van der Waals surface area contributed by atoms with Gasteiger partial charge in [0.25, 0.3) is 0 Å². The molecule has 0 radical (unpaired) electrons. The first-order valence-corrected chi connectivity index (χ1v) is 14.1. The number of nitrogens with one attached hydrogen (secondary N) is 1. The van der Waals surface area contributed by atoms with E-state index in [1.165, 1.54) is 29.3 Å². The third-order valence-corrected chi connectivity index (χ3v) is 8.71. The Morgan fingerprint density at radius 1 is 1.00 bits per heavy atom. The molecule has 0 aliphatic heterocycles. The van der Waals surface area contributed by atoms with Crippen molar-refractivity contribution in [2.24, 2.45) is 0 Å². The van der Waals surface area contributed by atoms with Crippen LogP contribution in [-0.4, -0.2) is 23.2 Å². The predicted octanol–water partition coefficient (Wildman–Crippen LogP) is 6.52.